The number of anilines is 1. The molecule has 1 aliphatic rings. The summed E-state index contributed by atoms with van der Waals surface area (Å²) in [4.78, 5) is 12.7. The van der Waals surface area contributed by atoms with E-state index < -0.39 is 0 Å². The first-order valence-corrected chi connectivity index (χ1v) is 8.01. The normalized spacial score (nSPS) is 13.5. The van der Waals surface area contributed by atoms with Crippen LogP contribution in [-0.2, 0) is 13.0 Å². The lowest BCUT2D eigenvalue weighted by molar-refractivity contribution is 0.102. The fraction of sp³-hybridized carbons (Fsp3) is 0.412. The lowest BCUT2D eigenvalue weighted by Gasteiger charge is -2.16. The lowest BCUT2D eigenvalue weighted by atomic mass is 10.1. The zero-order valence-electron chi connectivity index (χ0n) is 14.1. The minimum absolute atomic E-state index is 0.00334. The molecule has 2 aromatic rings. The van der Waals surface area contributed by atoms with Crippen LogP contribution in [0.15, 0.2) is 18.2 Å². The summed E-state index contributed by atoms with van der Waals surface area (Å²) < 4.78 is 11.0. The van der Waals surface area contributed by atoms with E-state index >= 15 is 0 Å². The number of carbonyl (C=O) groups is 1. The largest absolute Gasteiger partial charge is 0.497 e. The number of hydrogen-bond donors (Lipinski definition) is 3. The quantitative estimate of drug-likeness (QED) is 0.781. The molecular formula is C17H22N4O3. The highest BCUT2D eigenvalue weighted by atomic mass is 16.5. The lowest BCUT2D eigenvalue weighted by Crippen LogP contribution is -2.25. The van der Waals surface area contributed by atoms with E-state index in [0.717, 1.165) is 24.2 Å². The van der Waals surface area contributed by atoms with Crippen molar-refractivity contribution < 1.29 is 14.3 Å². The van der Waals surface area contributed by atoms with Crippen LogP contribution in [0.5, 0.6) is 11.5 Å². The van der Waals surface area contributed by atoms with Gasteiger partial charge in [-0.1, -0.05) is 0 Å². The van der Waals surface area contributed by atoms with Crippen molar-refractivity contribution in [1.29, 1.82) is 0 Å². The number of carbonyl (C=O) groups excluding carboxylic acids is 1. The minimum atomic E-state index is -0.266. The number of aromatic amines is 1. The molecule has 1 aromatic carbocycles. The molecule has 24 heavy (non-hydrogen) atoms. The molecule has 1 amide bonds. The van der Waals surface area contributed by atoms with Crippen LogP contribution in [0.2, 0.25) is 0 Å². The van der Waals surface area contributed by atoms with Crippen molar-refractivity contribution in [3.63, 3.8) is 0 Å². The van der Waals surface area contributed by atoms with Gasteiger partial charge in [0.25, 0.3) is 5.91 Å². The van der Waals surface area contributed by atoms with Crippen LogP contribution in [-0.4, -0.2) is 35.9 Å². The molecule has 0 atom stereocenters. The van der Waals surface area contributed by atoms with Gasteiger partial charge in [0.05, 0.1) is 18.9 Å². The molecule has 0 aliphatic carbocycles. The summed E-state index contributed by atoms with van der Waals surface area (Å²) in [6.45, 7) is 5.40. The number of ether oxygens (including phenoxy) is 2. The van der Waals surface area contributed by atoms with Gasteiger partial charge in [-0.25, -0.2) is 0 Å². The molecule has 7 heteroatoms. The third kappa shape index (κ3) is 3.35. The van der Waals surface area contributed by atoms with E-state index in [4.69, 9.17) is 9.47 Å². The Hall–Kier alpha value is -2.54. The molecule has 1 aliphatic heterocycles. The second kappa shape index (κ2) is 6.92. The van der Waals surface area contributed by atoms with E-state index in [0.29, 0.717) is 29.4 Å². The van der Waals surface area contributed by atoms with Crippen LogP contribution >= 0.6 is 0 Å². The minimum Gasteiger partial charge on any atom is -0.497 e. The Kier molecular flexibility index (Phi) is 4.71. The Morgan fingerprint density at radius 1 is 1.38 bits per heavy atom. The molecule has 0 saturated heterocycles. The van der Waals surface area contributed by atoms with Gasteiger partial charge in [0.2, 0.25) is 0 Å². The maximum atomic E-state index is 12.7. The number of rotatable bonds is 5. The number of nitrogens with one attached hydrogen (secondary N) is 3. The molecule has 3 N–H and O–H groups in total. The smallest absolute Gasteiger partial charge is 0.276 e. The average molecular weight is 330 g/mol. The molecule has 2 heterocycles. The van der Waals surface area contributed by atoms with E-state index in [1.807, 2.05) is 13.8 Å². The van der Waals surface area contributed by atoms with Gasteiger partial charge in [0, 0.05) is 36.8 Å². The fourth-order valence-electron chi connectivity index (χ4n) is 2.69. The summed E-state index contributed by atoms with van der Waals surface area (Å²) in [7, 11) is 1.58. The van der Waals surface area contributed by atoms with Gasteiger partial charge in [0.15, 0.2) is 5.69 Å². The summed E-state index contributed by atoms with van der Waals surface area (Å²) in [5, 5.41) is 13.3. The third-order valence-electron chi connectivity index (χ3n) is 3.82. The number of aromatic nitrogens is 2. The predicted octanol–water partition coefficient (Wildman–Crippen LogP) is 2.10. The highest BCUT2D eigenvalue weighted by Gasteiger charge is 2.22. The molecule has 128 valence electrons. The first-order valence-electron chi connectivity index (χ1n) is 8.01. The molecule has 0 fully saturated rings. The van der Waals surface area contributed by atoms with Crippen LogP contribution in [0, 0.1) is 0 Å². The van der Waals surface area contributed by atoms with Crippen molar-refractivity contribution in [3.05, 3.63) is 35.2 Å². The first-order chi connectivity index (χ1) is 11.6. The van der Waals surface area contributed by atoms with Gasteiger partial charge in [-0.2, -0.15) is 5.10 Å². The maximum Gasteiger partial charge on any atom is 0.276 e. The number of amides is 1. The van der Waals surface area contributed by atoms with Crippen LogP contribution < -0.4 is 20.1 Å². The molecule has 0 spiro atoms. The van der Waals surface area contributed by atoms with Gasteiger partial charge in [0.1, 0.15) is 11.5 Å². The van der Waals surface area contributed by atoms with E-state index in [9.17, 15) is 4.79 Å². The van der Waals surface area contributed by atoms with Crippen LogP contribution in [0.1, 0.15) is 35.6 Å². The van der Waals surface area contributed by atoms with Crippen molar-refractivity contribution in [2.75, 3.05) is 19.0 Å². The Morgan fingerprint density at radius 2 is 2.21 bits per heavy atom. The van der Waals surface area contributed by atoms with Crippen molar-refractivity contribution in [2.24, 2.45) is 0 Å². The maximum absolute atomic E-state index is 12.7. The second-order valence-corrected chi connectivity index (χ2v) is 5.94. The van der Waals surface area contributed by atoms with Crippen molar-refractivity contribution in [3.8, 4) is 11.5 Å². The Balaban J connectivity index is 1.86. The van der Waals surface area contributed by atoms with Gasteiger partial charge in [-0.15, -0.1) is 0 Å². The second-order valence-electron chi connectivity index (χ2n) is 5.94. The van der Waals surface area contributed by atoms with Gasteiger partial charge in [-0.3, -0.25) is 9.89 Å². The Labute approximate surface area is 140 Å². The number of H-pyrrole nitrogens is 1. The number of methoxy groups -OCH3 is 1. The van der Waals surface area contributed by atoms with Crippen LogP contribution in [0.25, 0.3) is 0 Å². The zero-order chi connectivity index (χ0) is 17.1. The van der Waals surface area contributed by atoms with Gasteiger partial charge >= 0.3 is 0 Å². The molecule has 0 unspecified atom stereocenters. The fourth-order valence-corrected chi connectivity index (χ4v) is 2.69. The van der Waals surface area contributed by atoms with Gasteiger partial charge < -0.3 is 20.1 Å². The van der Waals surface area contributed by atoms with E-state index in [1.54, 1.807) is 25.3 Å². The van der Waals surface area contributed by atoms with Crippen LogP contribution in [0.4, 0.5) is 5.69 Å². The number of fused-ring (bicyclic) bond motifs is 1. The van der Waals surface area contributed by atoms with Crippen molar-refractivity contribution >= 4 is 11.6 Å². The third-order valence-corrected chi connectivity index (χ3v) is 3.82. The molecular weight excluding hydrogens is 308 g/mol. The molecule has 7 nitrogen and oxygen atoms in total. The first kappa shape index (κ1) is 16.3. The molecule has 0 bridgehead atoms. The number of nitrogens with zero attached hydrogens (tertiary/aromatic N) is 1. The Bertz CT molecular complexity index is 739. The van der Waals surface area contributed by atoms with E-state index in [2.05, 4.69) is 20.8 Å². The summed E-state index contributed by atoms with van der Waals surface area (Å²) in [5.74, 6) is 0.979. The van der Waals surface area contributed by atoms with Crippen LogP contribution in [0.3, 0.4) is 0 Å². The summed E-state index contributed by atoms with van der Waals surface area (Å²) in [5.41, 5.74) is 2.92. The summed E-state index contributed by atoms with van der Waals surface area (Å²) in [6.07, 6.45) is 0.840. The molecule has 0 saturated carbocycles. The molecule has 3 rings (SSSR count). The highest BCUT2D eigenvalue weighted by molar-refractivity contribution is 6.05. The summed E-state index contributed by atoms with van der Waals surface area (Å²) >= 11 is 0. The van der Waals surface area contributed by atoms with Crippen molar-refractivity contribution in [1.82, 2.24) is 15.5 Å². The van der Waals surface area contributed by atoms with Crippen molar-refractivity contribution in [2.45, 2.75) is 32.9 Å². The number of hydrogen-bond acceptors (Lipinski definition) is 5. The van der Waals surface area contributed by atoms with E-state index in [-0.39, 0.29) is 12.0 Å². The topological polar surface area (TPSA) is 88.3 Å². The van der Waals surface area contributed by atoms with E-state index in [1.165, 1.54) is 0 Å². The summed E-state index contributed by atoms with van der Waals surface area (Å²) in [6, 6.07) is 5.33. The average Bonchev–Trinajstić information content (AvgIpc) is 3.00. The van der Waals surface area contributed by atoms with Gasteiger partial charge in [-0.05, 0) is 26.0 Å². The molecule has 1 aromatic heterocycles. The SMILES string of the molecule is COc1ccc(OC(C)C)c(NC(=O)c2n[nH]c3c2CNCC3)c1. The monoisotopic (exact) mass is 330 g/mol. The highest BCUT2D eigenvalue weighted by Crippen LogP contribution is 2.30. The Morgan fingerprint density at radius 3 is 2.96 bits per heavy atom. The number of benzene rings is 1. The zero-order valence-corrected chi connectivity index (χ0v) is 14.1. The standard InChI is InChI=1S/C17H22N4O3/c1-10(2)24-15-5-4-11(23-3)8-14(15)19-17(22)16-12-9-18-7-6-13(12)20-21-16/h4-5,8,10,18H,6-7,9H2,1-3H3,(H,19,22)(H,20,21). The molecule has 0 radical (unpaired) electrons. The predicted molar refractivity (Wildman–Crippen MR) is 90.7 cm³/mol.